The largest absolute Gasteiger partial charge is 0.393 e. The SMILES string of the molecule is CN/C=C(\C=N)c1cc(-c2ccc(N3CCN(C)CC3)cc2)c2c(C#N)cnn2c1. The van der Waals surface area contributed by atoms with E-state index >= 15 is 0 Å². The van der Waals surface area contributed by atoms with Crippen LogP contribution in [0.3, 0.4) is 0 Å². The van der Waals surface area contributed by atoms with Gasteiger partial charge in [0.05, 0.1) is 17.3 Å². The first-order chi connectivity index (χ1) is 14.6. The van der Waals surface area contributed by atoms with Crippen LogP contribution in [0.1, 0.15) is 11.1 Å². The lowest BCUT2D eigenvalue weighted by atomic mass is 9.99. The first-order valence-corrected chi connectivity index (χ1v) is 9.98. The van der Waals surface area contributed by atoms with E-state index in [0.717, 1.165) is 54.0 Å². The molecule has 0 amide bonds. The van der Waals surface area contributed by atoms with Gasteiger partial charge in [-0.25, -0.2) is 4.52 Å². The minimum atomic E-state index is 0.536. The van der Waals surface area contributed by atoms with Crippen molar-refractivity contribution in [3.63, 3.8) is 0 Å². The van der Waals surface area contributed by atoms with Crippen molar-refractivity contribution in [3.8, 4) is 17.2 Å². The molecule has 1 aliphatic rings. The fourth-order valence-electron chi connectivity index (χ4n) is 3.86. The van der Waals surface area contributed by atoms with Crippen LogP contribution in [-0.2, 0) is 0 Å². The summed E-state index contributed by atoms with van der Waals surface area (Å²) in [7, 11) is 3.96. The van der Waals surface area contributed by atoms with Gasteiger partial charge >= 0.3 is 0 Å². The number of rotatable bonds is 5. The summed E-state index contributed by atoms with van der Waals surface area (Å²) >= 11 is 0. The van der Waals surface area contributed by atoms with Gasteiger partial charge in [-0.2, -0.15) is 10.4 Å². The number of nitrogens with zero attached hydrogens (tertiary/aromatic N) is 5. The van der Waals surface area contributed by atoms with Gasteiger partial charge < -0.3 is 20.5 Å². The average molecular weight is 400 g/mol. The highest BCUT2D eigenvalue weighted by Crippen LogP contribution is 2.31. The summed E-state index contributed by atoms with van der Waals surface area (Å²) in [6, 6.07) is 12.8. The lowest BCUT2D eigenvalue weighted by Gasteiger charge is -2.34. The maximum Gasteiger partial charge on any atom is 0.103 e. The molecule has 3 heterocycles. The number of likely N-dealkylation sites (N-methyl/N-ethyl adjacent to an activating group) is 1. The molecule has 1 fully saturated rings. The third-order valence-corrected chi connectivity index (χ3v) is 5.57. The second kappa shape index (κ2) is 8.39. The molecule has 0 aliphatic carbocycles. The Hall–Kier alpha value is -3.63. The van der Waals surface area contributed by atoms with E-state index in [0.29, 0.717) is 5.56 Å². The van der Waals surface area contributed by atoms with Crippen LogP contribution in [0, 0.1) is 16.7 Å². The van der Waals surface area contributed by atoms with Gasteiger partial charge in [0.15, 0.2) is 0 Å². The fourth-order valence-corrected chi connectivity index (χ4v) is 3.86. The minimum Gasteiger partial charge on any atom is -0.393 e. The molecular weight excluding hydrogens is 374 g/mol. The summed E-state index contributed by atoms with van der Waals surface area (Å²) in [5, 5.41) is 24.7. The molecule has 0 atom stereocenters. The summed E-state index contributed by atoms with van der Waals surface area (Å²) in [5.74, 6) is 0. The van der Waals surface area contributed by atoms with Gasteiger partial charge in [-0.3, -0.25) is 0 Å². The third-order valence-electron chi connectivity index (χ3n) is 5.57. The normalized spacial score (nSPS) is 15.2. The van der Waals surface area contributed by atoms with E-state index in [2.05, 4.69) is 57.6 Å². The highest BCUT2D eigenvalue weighted by Gasteiger charge is 2.16. The fraction of sp³-hybridized carbons (Fsp3) is 0.261. The van der Waals surface area contributed by atoms with E-state index in [1.807, 2.05) is 19.3 Å². The van der Waals surface area contributed by atoms with Crippen molar-refractivity contribution in [3.05, 3.63) is 60.1 Å². The Bertz CT molecular complexity index is 1130. The van der Waals surface area contributed by atoms with Gasteiger partial charge in [-0.05, 0) is 30.8 Å². The number of pyridine rings is 1. The number of benzene rings is 1. The number of nitriles is 1. The molecule has 2 N–H and O–H groups in total. The van der Waals surface area contributed by atoms with Gasteiger partial charge in [-0.15, -0.1) is 0 Å². The second-order valence-electron chi connectivity index (χ2n) is 7.48. The molecule has 7 nitrogen and oxygen atoms in total. The Morgan fingerprint density at radius 2 is 1.93 bits per heavy atom. The zero-order chi connectivity index (χ0) is 21.1. The van der Waals surface area contributed by atoms with Crippen LogP contribution in [-0.4, -0.2) is 61.0 Å². The Balaban J connectivity index is 1.79. The Morgan fingerprint density at radius 3 is 2.57 bits per heavy atom. The van der Waals surface area contributed by atoms with Gasteiger partial charge in [0.25, 0.3) is 0 Å². The Kier molecular flexibility index (Phi) is 5.50. The molecular formula is C23H25N7. The predicted octanol–water partition coefficient (Wildman–Crippen LogP) is 2.83. The summed E-state index contributed by atoms with van der Waals surface area (Å²) < 4.78 is 1.73. The highest BCUT2D eigenvalue weighted by molar-refractivity contribution is 6.08. The smallest absolute Gasteiger partial charge is 0.103 e. The molecule has 0 radical (unpaired) electrons. The lowest BCUT2D eigenvalue weighted by molar-refractivity contribution is 0.313. The molecule has 1 saturated heterocycles. The third kappa shape index (κ3) is 3.65. The number of aromatic nitrogens is 2. The summed E-state index contributed by atoms with van der Waals surface area (Å²) in [6.07, 6.45) is 6.54. The van der Waals surface area contributed by atoms with Crippen LogP contribution in [0.2, 0.25) is 0 Å². The summed E-state index contributed by atoms with van der Waals surface area (Å²) in [6.45, 7) is 4.18. The average Bonchev–Trinajstić information content (AvgIpc) is 3.20. The molecule has 3 aromatic rings. The van der Waals surface area contributed by atoms with Gasteiger partial charge in [-0.1, -0.05) is 12.1 Å². The van der Waals surface area contributed by atoms with Crippen LogP contribution in [0.5, 0.6) is 0 Å². The summed E-state index contributed by atoms with van der Waals surface area (Å²) in [5.41, 5.74) is 6.07. The predicted molar refractivity (Wildman–Crippen MR) is 121 cm³/mol. The van der Waals surface area contributed by atoms with Crippen LogP contribution in [0.4, 0.5) is 5.69 Å². The van der Waals surface area contributed by atoms with Crippen molar-refractivity contribution in [2.45, 2.75) is 0 Å². The maximum absolute atomic E-state index is 9.57. The van der Waals surface area contributed by atoms with Crippen molar-refractivity contribution in [2.24, 2.45) is 0 Å². The Labute approximate surface area is 176 Å². The molecule has 4 rings (SSSR count). The first-order valence-electron chi connectivity index (χ1n) is 9.98. The highest BCUT2D eigenvalue weighted by atomic mass is 15.2. The second-order valence-corrected chi connectivity index (χ2v) is 7.48. The maximum atomic E-state index is 9.57. The van der Waals surface area contributed by atoms with Gasteiger partial charge in [0.2, 0.25) is 0 Å². The van der Waals surface area contributed by atoms with Crippen LogP contribution < -0.4 is 10.2 Å². The summed E-state index contributed by atoms with van der Waals surface area (Å²) in [4.78, 5) is 4.74. The molecule has 0 bridgehead atoms. The number of nitrogens with one attached hydrogen (secondary N) is 2. The molecule has 152 valence electrons. The van der Waals surface area contributed by atoms with Crippen LogP contribution in [0.25, 0.3) is 22.2 Å². The molecule has 1 aromatic carbocycles. The van der Waals surface area contributed by atoms with Crippen LogP contribution in [0.15, 0.2) is 48.9 Å². The molecule has 0 unspecified atom stereocenters. The molecule has 7 heteroatoms. The molecule has 2 aromatic heterocycles. The van der Waals surface area contributed by atoms with E-state index < -0.39 is 0 Å². The molecule has 0 saturated carbocycles. The van der Waals surface area contributed by atoms with Gasteiger partial charge in [0.1, 0.15) is 6.07 Å². The molecule has 0 spiro atoms. The van der Waals surface area contributed by atoms with Crippen molar-refractivity contribution in [1.29, 1.82) is 10.7 Å². The number of anilines is 1. The zero-order valence-corrected chi connectivity index (χ0v) is 17.3. The minimum absolute atomic E-state index is 0.536. The van der Waals surface area contributed by atoms with E-state index in [1.165, 1.54) is 11.9 Å². The molecule has 1 aliphatic heterocycles. The zero-order valence-electron chi connectivity index (χ0n) is 17.3. The standard InChI is InChI=1S/C23H25N7/c1-26-14-19(12-24)18-11-22(23-20(13-25)15-27-30(23)16-18)17-3-5-21(6-4-17)29-9-7-28(2)8-10-29/h3-6,11-12,14-16,24,26H,7-10H2,1-2H3/b19-14+,24-12?. The van der Waals surface area contributed by atoms with E-state index in [9.17, 15) is 5.26 Å². The Morgan fingerprint density at radius 1 is 1.20 bits per heavy atom. The monoisotopic (exact) mass is 399 g/mol. The number of piperazine rings is 1. The van der Waals surface area contributed by atoms with Crippen molar-refractivity contribution in [2.75, 3.05) is 45.2 Å². The molecule has 30 heavy (non-hydrogen) atoms. The van der Waals surface area contributed by atoms with Crippen molar-refractivity contribution < 1.29 is 0 Å². The topological polar surface area (TPSA) is 83.5 Å². The van der Waals surface area contributed by atoms with Crippen molar-refractivity contribution >= 4 is 23.0 Å². The lowest BCUT2D eigenvalue weighted by Crippen LogP contribution is -2.44. The number of hydrogen-bond acceptors (Lipinski definition) is 6. The van der Waals surface area contributed by atoms with E-state index in [1.54, 1.807) is 16.9 Å². The first kappa shape index (κ1) is 19.7. The number of fused-ring (bicyclic) bond motifs is 1. The number of allylic oxidation sites excluding steroid dienone is 1. The number of hydrogen-bond donors (Lipinski definition) is 2. The van der Waals surface area contributed by atoms with Crippen LogP contribution >= 0.6 is 0 Å². The van der Waals surface area contributed by atoms with Gasteiger partial charge in [0, 0.05) is 74.2 Å². The van der Waals surface area contributed by atoms with Crippen molar-refractivity contribution in [1.82, 2.24) is 19.8 Å². The van der Waals surface area contributed by atoms with E-state index in [-0.39, 0.29) is 0 Å². The van der Waals surface area contributed by atoms with E-state index in [4.69, 9.17) is 5.41 Å². The quantitative estimate of drug-likeness (QED) is 0.645.